The number of ether oxygens (including phenoxy) is 1. The molecule has 66 valence electrons. The molecule has 0 aromatic carbocycles. The highest BCUT2D eigenvalue weighted by Crippen LogP contribution is 2.00. The molecule has 1 aliphatic rings. The molecule has 1 fully saturated rings. The van der Waals surface area contributed by atoms with Gasteiger partial charge in [-0.15, -0.1) is 0 Å². The Bertz CT molecular complexity index is 97.9. The minimum absolute atomic E-state index is 0.250. The Balaban J connectivity index is 0.000000292. The smallest absolute Gasteiger partial charge is 0.290 e. The van der Waals surface area contributed by atoms with Crippen molar-refractivity contribution in [2.75, 3.05) is 26.8 Å². The van der Waals surface area contributed by atoms with E-state index in [1.54, 1.807) is 0 Å². The van der Waals surface area contributed by atoms with Gasteiger partial charge in [0, 0.05) is 12.6 Å². The van der Waals surface area contributed by atoms with Crippen molar-refractivity contribution >= 4 is 6.47 Å². The van der Waals surface area contributed by atoms with Crippen molar-refractivity contribution in [2.45, 2.75) is 13.0 Å². The predicted octanol–water partition coefficient (Wildman–Crippen LogP) is 0.0377. The number of hydrogen-bond acceptors (Lipinski definition) is 3. The van der Waals surface area contributed by atoms with Crippen LogP contribution < -0.4 is 0 Å². The van der Waals surface area contributed by atoms with Gasteiger partial charge in [-0.2, -0.15) is 0 Å². The molecule has 1 heterocycles. The van der Waals surface area contributed by atoms with Crippen LogP contribution in [0, 0.1) is 0 Å². The predicted molar refractivity (Wildman–Crippen MR) is 41.6 cm³/mol. The Hall–Kier alpha value is -0.610. The lowest BCUT2D eigenvalue weighted by Crippen LogP contribution is -2.40. The van der Waals surface area contributed by atoms with Gasteiger partial charge in [0.05, 0.1) is 13.2 Å². The zero-order chi connectivity index (χ0) is 8.69. The molecule has 1 rings (SSSR count). The van der Waals surface area contributed by atoms with Crippen molar-refractivity contribution in [3.63, 3.8) is 0 Å². The molecule has 0 aromatic rings. The maximum atomic E-state index is 8.36. The zero-order valence-corrected chi connectivity index (χ0v) is 6.99. The number of likely N-dealkylation sites (N-methyl/N-ethyl adjacent to an activating group) is 1. The van der Waals surface area contributed by atoms with Gasteiger partial charge in [-0.3, -0.25) is 9.69 Å². The second-order valence-corrected chi connectivity index (χ2v) is 2.51. The molecule has 0 amide bonds. The highest BCUT2D eigenvalue weighted by atomic mass is 16.5. The summed E-state index contributed by atoms with van der Waals surface area (Å²) in [5.41, 5.74) is 0. The highest BCUT2D eigenvalue weighted by molar-refractivity contribution is 5.32. The molecule has 0 radical (unpaired) electrons. The first-order chi connectivity index (χ1) is 5.22. The summed E-state index contributed by atoms with van der Waals surface area (Å²) < 4.78 is 5.21. The van der Waals surface area contributed by atoms with Crippen molar-refractivity contribution in [2.24, 2.45) is 0 Å². The van der Waals surface area contributed by atoms with Crippen LogP contribution in [-0.4, -0.2) is 49.3 Å². The Kier molecular flexibility index (Phi) is 5.78. The minimum atomic E-state index is -0.250. The quantitative estimate of drug-likeness (QED) is 0.509. The summed E-state index contributed by atoms with van der Waals surface area (Å²) in [7, 11) is 2.13. The van der Waals surface area contributed by atoms with Gasteiger partial charge in [0.25, 0.3) is 6.47 Å². The molecule has 1 N–H and O–H groups in total. The van der Waals surface area contributed by atoms with Gasteiger partial charge in [0.1, 0.15) is 0 Å². The second-order valence-electron chi connectivity index (χ2n) is 2.51. The van der Waals surface area contributed by atoms with Gasteiger partial charge in [0.15, 0.2) is 0 Å². The lowest BCUT2D eigenvalue weighted by Gasteiger charge is -2.29. The largest absolute Gasteiger partial charge is 0.483 e. The van der Waals surface area contributed by atoms with E-state index in [1.165, 1.54) is 0 Å². The minimum Gasteiger partial charge on any atom is -0.483 e. The summed E-state index contributed by atoms with van der Waals surface area (Å²) in [6.07, 6.45) is 0. The second kappa shape index (κ2) is 6.12. The standard InChI is InChI=1S/C6H13NO.CH2O2/c1-6-5-8-4-3-7(6)2;2-1-3/h6H,3-5H2,1-2H3;1H,(H,2,3). The van der Waals surface area contributed by atoms with E-state index in [4.69, 9.17) is 14.6 Å². The first-order valence-corrected chi connectivity index (χ1v) is 3.58. The van der Waals surface area contributed by atoms with Crippen molar-refractivity contribution in [1.82, 2.24) is 4.90 Å². The van der Waals surface area contributed by atoms with Crippen LogP contribution in [0.5, 0.6) is 0 Å². The van der Waals surface area contributed by atoms with E-state index in [1.807, 2.05) is 0 Å². The highest BCUT2D eigenvalue weighted by Gasteiger charge is 2.12. The van der Waals surface area contributed by atoms with Crippen LogP contribution in [0.1, 0.15) is 6.92 Å². The lowest BCUT2D eigenvalue weighted by atomic mass is 10.3. The molecule has 0 bridgehead atoms. The number of morpholine rings is 1. The van der Waals surface area contributed by atoms with Gasteiger partial charge < -0.3 is 9.84 Å². The number of hydrogen-bond donors (Lipinski definition) is 1. The Morgan fingerprint density at radius 2 is 2.27 bits per heavy atom. The van der Waals surface area contributed by atoms with Crippen molar-refractivity contribution in [3.8, 4) is 0 Å². The number of rotatable bonds is 0. The zero-order valence-electron chi connectivity index (χ0n) is 6.99. The van der Waals surface area contributed by atoms with Crippen LogP contribution in [0.15, 0.2) is 0 Å². The molecule has 4 nitrogen and oxygen atoms in total. The topological polar surface area (TPSA) is 49.8 Å². The van der Waals surface area contributed by atoms with E-state index in [9.17, 15) is 0 Å². The fraction of sp³-hybridized carbons (Fsp3) is 0.857. The third-order valence-corrected chi connectivity index (χ3v) is 1.70. The average molecular weight is 161 g/mol. The summed E-state index contributed by atoms with van der Waals surface area (Å²) in [6.45, 7) is 4.82. The number of nitrogens with zero attached hydrogens (tertiary/aromatic N) is 1. The summed E-state index contributed by atoms with van der Waals surface area (Å²) in [5, 5.41) is 6.89. The molecule has 1 aliphatic heterocycles. The Labute approximate surface area is 66.8 Å². The number of carbonyl (C=O) groups is 1. The molecule has 0 spiro atoms. The monoisotopic (exact) mass is 161 g/mol. The SMILES string of the molecule is CC1COCCN1C.O=CO. The maximum absolute atomic E-state index is 8.36. The van der Waals surface area contributed by atoms with Gasteiger partial charge in [0.2, 0.25) is 0 Å². The lowest BCUT2D eigenvalue weighted by molar-refractivity contribution is -0.122. The first-order valence-electron chi connectivity index (χ1n) is 3.58. The summed E-state index contributed by atoms with van der Waals surface area (Å²) in [4.78, 5) is 10.7. The van der Waals surface area contributed by atoms with E-state index in [2.05, 4.69) is 18.9 Å². The van der Waals surface area contributed by atoms with Crippen molar-refractivity contribution < 1.29 is 14.6 Å². The molecule has 4 heteroatoms. The summed E-state index contributed by atoms with van der Waals surface area (Å²) in [6, 6.07) is 0.615. The van der Waals surface area contributed by atoms with Crippen LogP contribution in [0.4, 0.5) is 0 Å². The van der Waals surface area contributed by atoms with Gasteiger partial charge >= 0.3 is 0 Å². The van der Waals surface area contributed by atoms with Crippen molar-refractivity contribution in [1.29, 1.82) is 0 Å². The molecular formula is C7H15NO3. The molecule has 0 aromatic heterocycles. The Morgan fingerprint density at radius 3 is 2.55 bits per heavy atom. The Morgan fingerprint density at radius 1 is 1.73 bits per heavy atom. The third kappa shape index (κ3) is 4.75. The molecule has 0 aliphatic carbocycles. The van der Waals surface area contributed by atoms with E-state index < -0.39 is 0 Å². The fourth-order valence-electron chi connectivity index (χ4n) is 0.810. The van der Waals surface area contributed by atoms with Gasteiger partial charge in [-0.05, 0) is 14.0 Å². The van der Waals surface area contributed by atoms with Crippen molar-refractivity contribution in [3.05, 3.63) is 0 Å². The van der Waals surface area contributed by atoms with E-state index in [0.29, 0.717) is 6.04 Å². The molecular weight excluding hydrogens is 146 g/mol. The molecule has 1 unspecified atom stereocenters. The summed E-state index contributed by atoms with van der Waals surface area (Å²) in [5.74, 6) is 0. The van der Waals surface area contributed by atoms with Crippen LogP contribution in [0.25, 0.3) is 0 Å². The first kappa shape index (κ1) is 10.4. The van der Waals surface area contributed by atoms with E-state index in [-0.39, 0.29) is 6.47 Å². The van der Waals surface area contributed by atoms with Crippen LogP contribution in [0.3, 0.4) is 0 Å². The number of carboxylic acid groups (broad SMARTS) is 1. The third-order valence-electron chi connectivity index (χ3n) is 1.70. The molecule has 1 saturated heterocycles. The molecule has 0 saturated carbocycles. The molecule has 11 heavy (non-hydrogen) atoms. The molecule has 1 atom stereocenters. The van der Waals surface area contributed by atoms with E-state index in [0.717, 1.165) is 19.8 Å². The van der Waals surface area contributed by atoms with Gasteiger partial charge in [-0.25, -0.2) is 0 Å². The summed E-state index contributed by atoms with van der Waals surface area (Å²) >= 11 is 0. The normalized spacial score (nSPS) is 25.1. The maximum Gasteiger partial charge on any atom is 0.290 e. The van der Waals surface area contributed by atoms with E-state index >= 15 is 0 Å². The van der Waals surface area contributed by atoms with Crippen LogP contribution in [0.2, 0.25) is 0 Å². The van der Waals surface area contributed by atoms with Crippen LogP contribution >= 0.6 is 0 Å². The van der Waals surface area contributed by atoms with Crippen LogP contribution in [-0.2, 0) is 9.53 Å². The van der Waals surface area contributed by atoms with Gasteiger partial charge in [-0.1, -0.05) is 0 Å². The fourth-order valence-corrected chi connectivity index (χ4v) is 0.810. The average Bonchev–Trinajstić information content (AvgIpc) is 1.97.